The Labute approximate surface area is 61.0 Å². The highest BCUT2D eigenvalue weighted by Gasteiger charge is 2.33. The molecule has 0 aromatic carbocycles. The molecule has 4 N–H and O–H groups in total. The lowest BCUT2D eigenvalue weighted by molar-refractivity contribution is -0.0910. The van der Waals surface area contributed by atoms with Crippen LogP contribution in [-0.2, 0) is 0 Å². The van der Waals surface area contributed by atoms with Gasteiger partial charge in [-0.3, -0.25) is 0 Å². The fraction of sp³-hybridized carbons (Fsp3) is 1.00. The Morgan fingerprint density at radius 2 is 2.00 bits per heavy atom. The van der Waals surface area contributed by atoms with Crippen molar-refractivity contribution in [2.75, 3.05) is 6.54 Å². The van der Waals surface area contributed by atoms with Crippen LogP contribution in [0, 0.1) is 0 Å². The molecular weight excluding hydrogens is 134 g/mol. The van der Waals surface area contributed by atoms with Gasteiger partial charge in [-0.15, -0.1) is 0 Å². The molecular formula is C6H13NO3. The molecule has 1 heterocycles. The number of β-amino-alcohol motifs (C(OH)–C–C–N with tert-alkyl or cyclic N) is 1. The van der Waals surface area contributed by atoms with Gasteiger partial charge in [-0.1, -0.05) is 0 Å². The number of rotatable bonds is 0. The molecule has 0 unspecified atom stereocenters. The van der Waals surface area contributed by atoms with Crippen LogP contribution in [0.2, 0.25) is 1.41 Å². The van der Waals surface area contributed by atoms with Gasteiger partial charge in [0, 0.05) is 12.6 Å². The normalized spacial score (nSPS) is 52.6. The number of aliphatic hydroxyl groups is 3. The van der Waals surface area contributed by atoms with Gasteiger partial charge < -0.3 is 20.6 Å². The maximum Gasteiger partial charge on any atom is 0.123 e. The summed E-state index contributed by atoms with van der Waals surface area (Å²) in [6, 6.07) is -0.423. The molecule has 0 saturated carbocycles. The van der Waals surface area contributed by atoms with E-state index in [1.165, 1.54) is 0 Å². The van der Waals surface area contributed by atoms with Gasteiger partial charge in [-0.25, -0.2) is 0 Å². The summed E-state index contributed by atoms with van der Waals surface area (Å²) in [6.07, 6.45) is -3.17. The quantitative estimate of drug-likeness (QED) is 0.322. The Hall–Kier alpha value is -0.160. The standard InChI is InChI=1S/C6H13NO3/c1-3-5(9)6(10)4(8)2-7-3/h3-10H,2H2,1H3/t3-,4-,5-,6-/m1/s1/i/hD. The van der Waals surface area contributed by atoms with Crippen LogP contribution in [0.5, 0.6) is 0 Å². The van der Waals surface area contributed by atoms with Crippen molar-refractivity contribution in [3.63, 3.8) is 0 Å². The van der Waals surface area contributed by atoms with Gasteiger partial charge in [-0.2, -0.15) is 0 Å². The van der Waals surface area contributed by atoms with Gasteiger partial charge in [0.15, 0.2) is 0 Å². The molecule has 1 aliphatic heterocycles. The Kier molecular flexibility index (Phi) is 1.86. The maximum atomic E-state index is 9.22. The molecule has 10 heavy (non-hydrogen) atoms. The van der Waals surface area contributed by atoms with E-state index in [2.05, 4.69) is 0 Å². The van der Waals surface area contributed by atoms with Crippen LogP contribution in [0.4, 0.5) is 0 Å². The highest BCUT2D eigenvalue weighted by molar-refractivity contribution is 4.89. The topological polar surface area (TPSA) is 72.7 Å². The van der Waals surface area contributed by atoms with Crippen LogP contribution in [0.1, 0.15) is 6.92 Å². The van der Waals surface area contributed by atoms with Crippen molar-refractivity contribution in [3.8, 4) is 0 Å². The monoisotopic (exact) mass is 148 g/mol. The van der Waals surface area contributed by atoms with Crippen LogP contribution in [0.25, 0.3) is 0 Å². The van der Waals surface area contributed by atoms with Crippen LogP contribution in [0.15, 0.2) is 0 Å². The second kappa shape index (κ2) is 2.84. The molecule has 0 radical (unpaired) electrons. The maximum absolute atomic E-state index is 9.22. The van der Waals surface area contributed by atoms with E-state index in [4.69, 9.17) is 11.6 Å². The first kappa shape index (κ1) is 6.54. The van der Waals surface area contributed by atoms with E-state index in [9.17, 15) is 5.11 Å². The van der Waals surface area contributed by atoms with Crippen molar-refractivity contribution in [2.45, 2.75) is 31.3 Å². The third kappa shape index (κ3) is 1.29. The van der Waals surface area contributed by atoms with E-state index in [1.807, 2.05) is 0 Å². The van der Waals surface area contributed by atoms with Crippen molar-refractivity contribution in [1.29, 1.82) is 0 Å². The van der Waals surface area contributed by atoms with Gasteiger partial charge in [0.1, 0.15) is 7.52 Å². The molecule has 60 valence electrons. The zero-order valence-corrected chi connectivity index (χ0v) is 5.81. The van der Waals surface area contributed by atoms with Crippen LogP contribution in [0.3, 0.4) is 0 Å². The van der Waals surface area contributed by atoms with E-state index >= 15 is 0 Å². The molecule has 0 amide bonds. The first-order valence-electron chi connectivity index (χ1n) is 3.78. The van der Waals surface area contributed by atoms with Crippen molar-refractivity contribution < 1.29 is 16.7 Å². The van der Waals surface area contributed by atoms with Gasteiger partial charge in [0.2, 0.25) is 0 Å². The molecule has 0 aliphatic carbocycles. The van der Waals surface area contributed by atoms with Gasteiger partial charge in [-0.05, 0) is 6.92 Å². The fourth-order valence-electron chi connectivity index (χ4n) is 1.00. The first-order valence-corrected chi connectivity index (χ1v) is 3.33. The smallest absolute Gasteiger partial charge is 0.123 e. The largest absolute Gasteiger partial charge is 0.389 e. The lowest BCUT2D eigenvalue weighted by atomic mass is 9.98. The number of aliphatic hydroxyl groups excluding tert-OH is 3. The molecule has 1 aliphatic rings. The Bertz CT molecular complexity index is 132. The summed E-state index contributed by atoms with van der Waals surface area (Å²) < 4.78 is 7.23. The van der Waals surface area contributed by atoms with Crippen LogP contribution >= 0.6 is 0 Å². The molecule has 4 nitrogen and oxygen atoms in total. The minimum absolute atomic E-state index is 0.0827. The number of nitrogens with one attached hydrogen (secondary N) is 1. The molecule has 1 rings (SSSR count). The van der Waals surface area contributed by atoms with Gasteiger partial charge >= 0.3 is 0 Å². The number of hydrogen-bond acceptors (Lipinski definition) is 4. The number of hydrogen-bond donors (Lipinski definition) is 4. The summed E-state index contributed by atoms with van der Waals surface area (Å²) in [5.74, 6) is 0. The third-order valence-corrected chi connectivity index (χ3v) is 1.82. The van der Waals surface area contributed by atoms with Crippen molar-refractivity contribution in [1.82, 2.24) is 5.31 Å². The molecule has 1 saturated heterocycles. The molecule has 4 heteroatoms. The lowest BCUT2D eigenvalue weighted by Crippen LogP contribution is -2.58. The zero-order valence-electron chi connectivity index (χ0n) is 6.81. The lowest BCUT2D eigenvalue weighted by Gasteiger charge is -2.33. The number of piperidine rings is 1. The van der Waals surface area contributed by atoms with E-state index in [1.54, 1.807) is 6.92 Å². The predicted molar refractivity (Wildman–Crippen MR) is 35.5 cm³/mol. The third-order valence-electron chi connectivity index (χ3n) is 1.82. The van der Waals surface area contributed by atoms with E-state index in [-0.39, 0.29) is 6.54 Å². The molecule has 0 bridgehead atoms. The van der Waals surface area contributed by atoms with Crippen LogP contribution < -0.4 is 5.31 Å². The second-order valence-electron chi connectivity index (χ2n) is 2.65. The van der Waals surface area contributed by atoms with Crippen molar-refractivity contribution in [2.24, 2.45) is 0 Å². The minimum atomic E-state index is -1.12. The fourth-order valence-corrected chi connectivity index (χ4v) is 1.00. The summed E-state index contributed by atoms with van der Waals surface area (Å²) in [6.45, 7) is 1.71. The second-order valence-corrected chi connectivity index (χ2v) is 2.65. The average molecular weight is 148 g/mol. The summed E-state index contributed by atoms with van der Waals surface area (Å²) in [4.78, 5) is 0. The Morgan fingerprint density at radius 3 is 2.60 bits per heavy atom. The Morgan fingerprint density at radius 1 is 1.40 bits per heavy atom. The molecule has 4 atom stereocenters. The van der Waals surface area contributed by atoms with Gasteiger partial charge in [0.25, 0.3) is 0 Å². The predicted octanol–water partition coefficient (Wildman–Crippen LogP) is -1.94. The zero-order chi connectivity index (χ0) is 8.59. The Balaban J connectivity index is 2.63. The molecule has 1 fully saturated rings. The SMILES string of the molecule is [2H]N1C[C@@H](O)[C@@H](O)[C@H](O)[C@H]1C. The van der Waals surface area contributed by atoms with Crippen molar-refractivity contribution in [3.05, 3.63) is 0 Å². The molecule has 0 spiro atoms. The summed E-state index contributed by atoms with van der Waals surface area (Å²) in [7, 11) is 0. The first-order chi connectivity index (χ1) is 5.04. The molecule has 0 aromatic heterocycles. The summed E-state index contributed by atoms with van der Waals surface area (Å²) >= 11 is 0. The van der Waals surface area contributed by atoms with Crippen LogP contribution in [-0.4, -0.2) is 46.2 Å². The average Bonchev–Trinajstić information content (AvgIpc) is 1.97. The summed E-state index contributed by atoms with van der Waals surface area (Å²) in [5, 5.41) is 28.5. The minimum Gasteiger partial charge on any atom is -0.389 e. The summed E-state index contributed by atoms with van der Waals surface area (Å²) in [5.41, 5.74) is 0. The molecule has 0 aromatic rings. The van der Waals surface area contributed by atoms with E-state index in [0.717, 1.165) is 5.31 Å². The highest BCUT2D eigenvalue weighted by atomic mass is 16.4. The van der Waals surface area contributed by atoms with E-state index < -0.39 is 24.4 Å². The van der Waals surface area contributed by atoms with Gasteiger partial charge in [0.05, 0.1) is 12.2 Å². The van der Waals surface area contributed by atoms with Crippen molar-refractivity contribution >= 4 is 0 Å². The highest BCUT2D eigenvalue weighted by Crippen LogP contribution is 2.09. The van der Waals surface area contributed by atoms with E-state index in [0.29, 0.717) is 0 Å².